The van der Waals surface area contributed by atoms with Gasteiger partial charge in [0.15, 0.2) is 5.82 Å². The summed E-state index contributed by atoms with van der Waals surface area (Å²) in [7, 11) is 0. The van der Waals surface area contributed by atoms with E-state index < -0.39 is 0 Å². The molecule has 0 fully saturated rings. The van der Waals surface area contributed by atoms with Gasteiger partial charge in [0.05, 0.1) is 11.1 Å². The summed E-state index contributed by atoms with van der Waals surface area (Å²) < 4.78 is 14.1. The molecule has 5 heteroatoms. The molecule has 1 heterocycles. The first kappa shape index (κ1) is 13.3. The van der Waals surface area contributed by atoms with Crippen molar-refractivity contribution in [2.45, 2.75) is 6.92 Å². The number of fused-ring (bicyclic) bond motifs is 1. The fourth-order valence-electron chi connectivity index (χ4n) is 2.00. The summed E-state index contributed by atoms with van der Waals surface area (Å²) in [6, 6.07) is 10.2. The SMILES string of the molecule is Cc1cccc(-c2nc(Cl)c3ccc(Cl)cc3n2)c1F. The van der Waals surface area contributed by atoms with E-state index >= 15 is 0 Å². The summed E-state index contributed by atoms with van der Waals surface area (Å²) in [5.41, 5.74) is 1.45. The van der Waals surface area contributed by atoms with Crippen LogP contribution in [0.2, 0.25) is 10.2 Å². The van der Waals surface area contributed by atoms with E-state index in [2.05, 4.69) is 9.97 Å². The largest absolute Gasteiger partial charge is 0.228 e. The number of halogens is 3. The molecule has 3 rings (SSSR count). The maximum Gasteiger partial charge on any atom is 0.164 e. The number of aryl methyl sites for hydroxylation is 1. The van der Waals surface area contributed by atoms with Gasteiger partial charge in [0.2, 0.25) is 0 Å². The predicted octanol–water partition coefficient (Wildman–Crippen LogP) is 5.05. The van der Waals surface area contributed by atoms with Crippen LogP contribution in [0.5, 0.6) is 0 Å². The van der Waals surface area contributed by atoms with Gasteiger partial charge in [-0.15, -0.1) is 0 Å². The first-order valence-electron chi connectivity index (χ1n) is 5.94. The summed E-state index contributed by atoms with van der Waals surface area (Å²) in [5, 5.41) is 1.51. The summed E-state index contributed by atoms with van der Waals surface area (Å²) in [6.07, 6.45) is 0. The lowest BCUT2D eigenvalue weighted by Crippen LogP contribution is -1.95. The summed E-state index contributed by atoms with van der Waals surface area (Å²) in [6.45, 7) is 1.69. The van der Waals surface area contributed by atoms with E-state index in [-0.39, 0.29) is 16.8 Å². The van der Waals surface area contributed by atoms with E-state index in [9.17, 15) is 4.39 Å². The third-order valence-corrected chi connectivity index (χ3v) is 3.57. The van der Waals surface area contributed by atoms with Gasteiger partial charge >= 0.3 is 0 Å². The Balaban J connectivity index is 2.29. The van der Waals surface area contributed by atoms with Crippen molar-refractivity contribution in [3.63, 3.8) is 0 Å². The standard InChI is InChI=1S/C15H9Cl2FN2/c1-8-3-2-4-11(13(8)18)15-19-12-7-9(16)5-6-10(12)14(17)20-15/h2-7H,1H3. The van der Waals surface area contributed by atoms with Crippen molar-refractivity contribution >= 4 is 34.1 Å². The number of rotatable bonds is 1. The molecule has 2 aromatic carbocycles. The first-order valence-corrected chi connectivity index (χ1v) is 6.70. The summed E-state index contributed by atoms with van der Waals surface area (Å²) in [5.74, 6) is -0.0871. The lowest BCUT2D eigenvalue weighted by molar-refractivity contribution is 0.621. The number of aromatic nitrogens is 2. The van der Waals surface area contributed by atoms with Gasteiger partial charge in [-0.2, -0.15) is 0 Å². The molecule has 3 aromatic rings. The second-order valence-electron chi connectivity index (χ2n) is 4.44. The predicted molar refractivity (Wildman–Crippen MR) is 79.7 cm³/mol. The highest BCUT2D eigenvalue weighted by Gasteiger charge is 2.13. The molecule has 0 saturated carbocycles. The molecule has 0 spiro atoms. The normalized spacial score (nSPS) is 11.0. The Morgan fingerprint density at radius 2 is 1.85 bits per heavy atom. The van der Waals surface area contributed by atoms with Gasteiger partial charge in [-0.05, 0) is 36.8 Å². The average molecular weight is 307 g/mol. The fourth-order valence-corrected chi connectivity index (χ4v) is 2.41. The smallest absolute Gasteiger partial charge is 0.164 e. The molecule has 0 bridgehead atoms. The number of hydrogen-bond acceptors (Lipinski definition) is 2. The van der Waals surface area contributed by atoms with Gasteiger partial charge in [0.25, 0.3) is 0 Å². The van der Waals surface area contributed by atoms with Crippen LogP contribution in [0.3, 0.4) is 0 Å². The van der Waals surface area contributed by atoms with Crippen molar-refractivity contribution in [2.75, 3.05) is 0 Å². The molecule has 0 amide bonds. The highest BCUT2D eigenvalue weighted by atomic mass is 35.5. The molecule has 0 aliphatic heterocycles. The van der Waals surface area contributed by atoms with E-state index in [1.165, 1.54) is 0 Å². The van der Waals surface area contributed by atoms with Gasteiger partial charge in [0, 0.05) is 10.4 Å². The lowest BCUT2D eigenvalue weighted by Gasteiger charge is -2.07. The average Bonchev–Trinajstić information content (AvgIpc) is 2.41. The molecule has 0 aliphatic rings. The highest BCUT2D eigenvalue weighted by Crippen LogP contribution is 2.28. The molecular formula is C15H9Cl2FN2. The van der Waals surface area contributed by atoms with Crippen LogP contribution in [0.4, 0.5) is 4.39 Å². The molecule has 0 unspecified atom stereocenters. The molecule has 100 valence electrons. The van der Waals surface area contributed by atoms with E-state index in [1.807, 2.05) is 0 Å². The Labute approximate surface area is 125 Å². The van der Waals surface area contributed by atoms with Crippen LogP contribution in [0.1, 0.15) is 5.56 Å². The van der Waals surface area contributed by atoms with Crippen molar-refractivity contribution in [3.05, 3.63) is 58.0 Å². The zero-order valence-corrected chi connectivity index (χ0v) is 12.0. The van der Waals surface area contributed by atoms with Crippen LogP contribution >= 0.6 is 23.2 Å². The summed E-state index contributed by atoms with van der Waals surface area (Å²) >= 11 is 12.1. The van der Waals surface area contributed by atoms with Crippen LogP contribution in [0.25, 0.3) is 22.3 Å². The second kappa shape index (κ2) is 5.00. The Hall–Kier alpha value is -1.71. The molecule has 2 nitrogen and oxygen atoms in total. The third kappa shape index (κ3) is 2.23. The summed E-state index contributed by atoms with van der Waals surface area (Å²) in [4.78, 5) is 8.52. The van der Waals surface area contributed by atoms with E-state index in [0.717, 1.165) is 0 Å². The second-order valence-corrected chi connectivity index (χ2v) is 5.23. The van der Waals surface area contributed by atoms with Crippen LogP contribution in [0.15, 0.2) is 36.4 Å². The zero-order valence-electron chi connectivity index (χ0n) is 10.5. The Morgan fingerprint density at radius 1 is 1.05 bits per heavy atom. The molecule has 1 aromatic heterocycles. The monoisotopic (exact) mass is 306 g/mol. The van der Waals surface area contributed by atoms with Crippen molar-refractivity contribution in [2.24, 2.45) is 0 Å². The van der Waals surface area contributed by atoms with Gasteiger partial charge < -0.3 is 0 Å². The molecule has 0 N–H and O–H groups in total. The van der Waals surface area contributed by atoms with Crippen LogP contribution in [-0.4, -0.2) is 9.97 Å². The quantitative estimate of drug-likeness (QED) is 0.588. The Bertz CT molecular complexity index is 818. The molecule has 0 saturated heterocycles. The molecular weight excluding hydrogens is 298 g/mol. The molecule has 0 radical (unpaired) electrons. The van der Waals surface area contributed by atoms with Gasteiger partial charge in [-0.25, -0.2) is 14.4 Å². The van der Waals surface area contributed by atoms with Gasteiger partial charge in [-0.3, -0.25) is 0 Å². The number of hydrogen-bond donors (Lipinski definition) is 0. The highest BCUT2D eigenvalue weighted by molar-refractivity contribution is 6.35. The Morgan fingerprint density at radius 3 is 2.65 bits per heavy atom. The lowest BCUT2D eigenvalue weighted by atomic mass is 10.1. The maximum absolute atomic E-state index is 14.1. The van der Waals surface area contributed by atoms with Gasteiger partial charge in [0.1, 0.15) is 11.0 Å². The van der Waals surface area contributed by atoms with E-state index in [4.69, 9.17) is 23.2 Å². The molecule has 0 atom stereocenters. The fraction of sp³-hybridized carbons (Fsp3) is 0.0667. The van der Waals surface area contributed by atoms with Crippen molar-refractivity contribution in [3.8, 4) is 11.4 Å². The minimum absolute atomic E-state index is 0.256. The van der Waals surface area contributed by atoms with Crippen LogP contribution < -0.4 is 0 Å². The van der Waals surface area contributed by atoms with Gasteiger partial charge in [-0.1, -0.05) is 35.3 Å². The zero-order chi connectivity index (χ0) is 14.3. The minimum atomic E-state index is -0.343. The third-order valence-electron chi connectivity index (χ3n) is 3.05. The van der Waals surface area contributed by atoms with Crippen molar-refractivity contribution in [1.29, 1.82) is 0 Å². The Kier molecular flexibility index (Phi) is 3.32. The van der Waals surface area contributed by atoms with E-state index in [0.29, 0.717) is 27.1 Å². The number of benzene rings is 2. The molecule has 20 heavy (non-hydrogen) atoms. The molecule has 0 aliphatic carbocycles. The number of nitrogens with zero attached hydrogens (tertiary/aromatic N) is 2. The maximum atomic E-state index is 14.1. The topological polar surface area (TPSA) is 25.8 Å². The van der Waals surface area contributed by atoms with Crippen molar-refractivity contribution < 1.29 is 4.39 Å². The first-order chi connectivity index (χ1) is 9.56. The van der Waals surface area contributed by atoms with E-state index in [1.54, 1.807) is 43.3 Å². The van der Waals surface area contributed by atoms with Crippen LogP contribution in [0, 0.1) is 12.7 Å². The van der Waals surface area contributed by atoms with Crippen LogP contribution in [-0.2, 0) is 0 Å². The van der Waals surface area contributed by atoms with Crippen molar-refractivity contribution in [1.82, 2.24) is 9.97 Å². The minimum Gasteiger partial charge on any atom is -0.228 e.